The van der Waals surface area contributed by atoms with Crippen LogP contribution in [0.15, 0.2) is 58.6 Å². The van der Waals surface area contributed by atoms with Crippen molar-refractivity contribution < 1.29 is 14.7 Å². The molecule has 120 valence electrons. The number of rotatable bonds is 3. The Morgan fingerprint density at radius 1 is 1.25 bits per heavy atom. The summed E-state index contributed by atoms with van der Waals surface area (Å²) in [7, 11) is 1.66. The van der Waals surface area contributed by atoms with Gasteiger partial charge >= 0.3 is 5.97 Å². The minimum atomic E-state index is -0.981. The van der Waals surface area contributed by atoms with Gasteiger partial charge in [0.2, 0.25) is 0 Å². The Balaban J connectivity index is 1.86. The fraction of sp³-hybridized carbons (Fsp3) is 0.0588. The van der Waals surface area contributed by atoms with E-state index in [1.807, 2.05) is 6.07 Å². The molecule has 1 aliphatic rings. The van der Waals surface area contributed by atoms with Crippen molar-refractivity contribution in [3.8, 4) is 0 Å². The highest BCUT2D eigenvalue weighted by atomic mass is 32.2. The standard InChI is InChI=1S/C17H13N3O3S/c1-20-15(21)13(10-11-5-7-12(8-6-11)16(22)23)24-17(20)19-14-4-2-3-9-18-14/h2-10H,1H3,(H,22,23)/b13-10-,19-17+. The van der Waals surface area contributed by atoms with E-state index in [2.05, 4.69) is 9.98 Å². The SMILES string of the molecule is CN1C(=O)/C(=C/c2ccc(C(=O)O)cc2)S/C1=N/c1ccccn1. The summed E-state index contributed by atoms with van der Waals surface area (Å²) in [5.41, 5.74) is 0.959. The van der Waals surface area contributed by atoms with Gasteiger partial charge in [0.1, 0.15) is 0 Å². The first kappa shape index (κ1) is 15.9. The Hall–Kier alpha value is -2.93. The van der Waals surface area contributed by atoms with Crippen LogP contribution in [0.3, 0.4) is 0 Å². The number of aromatic carboxylic acids is 1. The van der Waals surface area contributed by atoms with Crippen LogP contribution in [0.5, 0.6) is 0 Å². The van der Waals surface area contributed by atoms with Crippen molar-refractivity contribution in [1.29, 1.82) is 0 Å². The van der Waals surface area contributed by atoms with Crippen molar-refractivity contribution >= 4 is 40.7 Å². The van der Waals surface area contributed by atoms with Crippen LogP contribution in [0.4, 0.5) is 5.82 Å². The third-order valence-electron chi connectivity index (χ3n) is 3.32. The topological polar surface area (TPSA) is 82.9 Å². The van der Waals surface area contributed by atoms with Crippen LogP contribution in [0.2, 0.25) is 0 Å². The second-order valence-corrected chi connectivity index (χ2v) is 5.99. The number of hydrogen-bond acceptors (Lipinski definition) is 5. The number of carbonyl (C=O) groups excluding carboxylic acids is 1. The molecule has 0 bridgehead atoms. The number of carbonyl (C=O) groups is 2. The number of aliphatic imine (C=N–C) groups is 1. The van der Waals surface area contributed by atoms with Gasteiger partial charge in [-0.2, -0.15) is 0 Å². The van der Waals surface area contributed by atoms with E-state index >= 15 is 0 Å². The molecule has 0 saturated carbocycles. The van der Waals surface area contributed by atoms with Gasteiger partial charge in [-0.15, -0.1) is 0 Å². The molecule has 2 heterocycles. The van der Waals surface area contributed by atoms with Crippen LogP contribution >= 0.6 is 11.8 Å². The number of carboxylic acid groups (broad SMARTS) is 1. The second-order valence-electron chi connectivity index (χ2n) is 4.98. The van der Waals surface area contributed by atoms with E-state index in [1.54, 1.807) is 43.6 Å². The highest BCUT2D eigenvalue weighted by Crippen LogP contribution is 2.32. The lowest BCUT2D eigenvalue weighted by atomic mass is 10.1. The summed E-state index contributed by atoms with van der Waals surface area (Å²) >= 11 is 1.26. The maximum atomic E-state index is 12.3. The number of pyridine rings is 1. The number of nitrogens with zero attached hydrogens (tertiary/aromatic N) is 3. The molecule has 1 saturated heterocycles. The molecular formula is C17H13N3O3S. The summed E-state index contributed by atoms with van der Waals surface area (Å²) in [6.07, 6.45) is 3.36. The smallest absolute Gasteiger partial charge is 0.335 e. The average Bonchev–Trinajstić information content (AvgIpc) is 2.84. The van der Waals surface area contributed by atoms with E-state index in [-0.39, 0.29) is 11.5 Å². The highest BCUT2D eigenvalue weighted by Gasteiger charge is 2.30. The molecule has 1 aromatic carbocycles. The van der Waals surface area contributed by atoms with Crippen LogP contribution in [-0.2, 0) is 4.79 Å². The lowest BCUT2D eigenvalue weighted by molar-refractivity contribution is -0.121. The van der Waals surface area contributed by atoms with Gasteiger partial charge in [0, 0.05) is 13.2 Å². The lowest BCUT2D eigenvalue weighted by Crippen LogP contribution is -2.23. The highest BCUT2D eigenvalue weighted by molar-refractivity contribution is 8.18. The van der Waals surface area contributed by atoms with Crippen molar-refractivity contribution in [3.05, 3.63) is 64.7 Å². The fourth-order valence-electron chi connectivity index (χ4n) is 2.04. The molecule has 1 amide bonds. The van der Waals surface area contributed by atoms with Crippen LogP contribution in [-0.4, -0.2) is 39.1 Å². The van der Waals surface area contributed by atoms with Crippen LogP contribution in [0.1, 0.15) is 15.9 Å². The van der Waals surface area contributed by atoms with E-state index < -0.39 is 5.97 Å². The molecule has 0 unspecified atom stereocenters. The number of likely N-dealkylation sites (N-methyl/N-ethyl adjacent to an activating group) is 1. The molecule has 0 atom stereocenters. The molecule has 0 aliphatic carbocycles. The molecule has 3 rings (SSSR count). The van der Waals surface area contributed by atoms with Crippen molar-refractivity contribution in [1.82, 2.24) is 9.88 Å². The first-order valence-corrected chi connectivity index (χ1v) is 7.87. The largest absolute Gasteiger partial charge is 0.478 e. The third kappa shape index (κ3) is 3.36. The molecule has 1 fully saturated rings. The summed E-state index contributed by atoms with van der Waals surface area (Å²) in [6, 6.07) is 11.7. The maximum Gasteiger partial charge on any atom is 0.335 e. The van der Waals surface area contributed by atoms with Gasteiger partial charge < -0.3 is 5.11 Å². The van der Waals surface area contributed by atoms with Gasteiger partial charge in [0.05, 0.1) is 10.5 Å². The third-order valence-corrected chi connectivity index (χ3v) is 4.38. The molecule has 2 aromatic rings. The second kappa shape index (κ2) is 6.67. The van der Waals surface area contributed by atoms with Crippen molar-refractivity contribution in [2.45, 2.75) is 0 Å². The quantitative estimate of drug-likeness (QED) is 0.869. The number of amidine groups is 1. The van der Waals surface area contributed by atoms with Crippen molar-refractivity contribution in [2.24, 2.45) is 4.99 Å². The number of amides is 1. The molecule has 0 radical (unpaired) electrons. The van der Waals surface area contributed by atoms with E-state index in [0.717, 1.165) is 5.56 Å². The zero-order chi connectivity index (χ0) is 17.1. The van der Waals surface area contributed by atoms with Crippen LogP contribution < -0.4 is 0 Å². The van der Waals surface area contributed by atoms with Gasteiger partial charge in [-0.1, -0.05) is 18.2 Å². The Kier molecular flexibility index (Phi) is 4.43. The zero-order valence-corrected chi connectivity index (χ0v) is 13.5. The first-order valence-electron chi connectivity index (χ1n) is 7.05. The molecule has 6 nitrogen and oxygen atoms in total. The van der Waals surface area contributed by atoms with Gasteiger partial charge in [-0.3, -0.25) is 9.69 Å². The predicted octanol–water partition coefficient (Wildman–Crippen LogP) is 3.01. The fourth-order valence-corrected chi connectivity index (χ4v) is 3.02. The first-order chi connectivity index (χ1) is 11.5. The lowest BCUT2D eigenvalue weighted by Gasteiger charge is -2.06. The number of carboxylic acids is 1. The van der Waals surface area contributed by atoms with Gasteiger partial charge in [0.25, 0.3) is 5.91 Å². The average molecular weight is 339 g/mol. The molecule has 0 spiro atoms. The summed E-state index contributed by atoms with van der Waals surface area (Å²) in [5.74, 6) is -0.603. The monoisotopic (exact) mass is 339 g/mol. The van der Waals surface area contributed by atoms with E-state index in [4.69, 9.17) is 5.11 Å². The minimum absolute atomic E-state index is 0.156. The predicted molar refractivity (Wildman–Crippen MR) is 93.1 cm³/mol. The summed E-state index contributed by atoms with van der Waals surface area (Å²) in [6.45, 7) is 0. The molecule has 24 heavy (non-hydrogen) atoms. The van der Waals surface area contributed by atoms with E-state index in [9.17, 15) is 9.59 Å². The number of benzene rings is 1. The van der Waals surface area contributed by atoms with Crippen LogP contribution in [0, 0.1) is 0 Å². The zero-order valence-electron chi connectivity index (χ0n) is 12.7. The van der Waals surface area contributed by atoms with E-state index in [0.29, 0.717) is 15.9 Å². The molecule has 1 N–H and O–H groups in total. The van der Waals surface area contributed by atoms with Gasteiger partial charge in [-0.25, -0.2) is 14.8 Å². The molecule has 1 aromatic heterocycles. The van der Waals surface area contributed by atoms with Crippen molar-refractivity contribution in [2.75, 3.05) is 7.05 Å². The van der Waals surface area contributed by atoms with Crippen molar-refractivity contribution in [3.63, 3.8) is 0 Å². The normalized spacial score (nSPS) is 17.7. The molecule has 1 aliphatic heterocycles. The van der Waals surface area contributed by atoms with Gasteiger partial charge in [0.15, 0.2) is 11.0 Å². The maximum absolute atomic E-state index is 12.3. The Bertz CT molecular complexity index is 845. The summed E-state index contributed by atoms with van der Waals surface area (Å²) in [4.78, 5) is 33.7. The number of aromatic nitrogens is 1. The summed E-state index contributed by atoms with van der Waals surface area (Å²) < 4.78 is 0. The molecule has 7 heteroatoms. The Morgan fingerprint density at radius 2 is 2.00 bits per heavy atom. The minimum Gasteiger partial charge on any atom is -0.478 e. The van der Waals surface area contributed by atoms with E-state index in [1.165, 1.54) is 28.8 Å². The number of hydrogen-bond donors (Lipinski definition) is 1. The van der Waals surface area contributed by atoms with Gasteiger partial charge in [-0.05, 0) is 47.7 Å². The van der Waals surface area contributed by atoms with Crippen LogP contribution in [0.25, 0.3) is 6.08 Å². The number of thioether (sulfide) groups is 1. The Labute approximate surface area is 142 Å². The summed E-state index contributed by atoms with van der Waals surface area (Å²) in [5, 5.41) is 9.46. The Morgan fingerprint density at radius 3 is 2.62 bits per heavy atom. The molecular weight excluding hydrogens is 326 g/mol.